The number of hydrogen-bond donors (Lipinski definition) is 2. The summed E-state index contributed by atoms with van der Waals surface area (Å²) in [4.78, 5) is 36.0. The fourth-order valence-electron chi connectivity index (χ4n) is 3.00. The lowest BCUT2D eigenvalue weighted by Crippen LogP contribution is -2.34. The molecule has 0 aliphatic carbocycles. The molecule has 2 atom stereocenters. The van der Waals surface area contributed by atoms with Crippen molar-refractivity contribution < 1.29 is 19.1 Å². The molecule has 0 unspecified atom stereocenters. The van der Waals surface area contributed by atoms with Crippen molar-refractivity contribution in [2.75, 3.05) is 13.7 Å². The van der Waals surface area contributed by atoms with E-state index >= 15 is 0 Å². The molecule has 0 spiro atoms. The summed E-state index contributed by atoms with van der Waals surface area (Å²) in [7, 11) is 1.31. The number of benzene rings is 2. The van der Waals surface area contributed by atoms with Gasteiger partial charge < -0.3 is 10.1 Å². The van der Waals surface area contributed by atoms with E-state index in [-0.39, 0.29) is 11.8 Å². The van der Waals surface area contributed by atoms with Crippen molar-refractivity contribution in [3.63, 3.8) is 0 Å². The number of hydrogen-bond acceptors (Lipinski definition) is 5. The molecule has 1 fully saturated rings. The summed E-state index contributed by atoms with van der Waals surface area (Å²) in [5, 5.41) is 6.66. The molecule has 2 aromatic rings. The molecule has 2 N–H and O–H groups in total. The smallest absolute Gasteiger partial charge is 0.337 e. The van der Waals surface area contributed by atoms with Crippen LogP contribution in [0.25, 0.3) is 0 Å². The van der Waals surface area contributed by atoms with E-state index in [1.165, 1.54) is 13.3 Å². The zero-order chi connectivity index (χ0) is 19.2. The lowest BCUT2D eigenvalue weighted by molar-refractivity contribution is -0.133. The van der Waals surface area contributed by atoms with Gasteiger partial charge in [0, 0.05) is 12.5 Å². The van der Waals surface area contributed by atoms with Gasteiger partial charge >= 0.3 is 5.97 Å². The van der Waals surface area contributed by atoms with Crippen LogP contribution in [0.4, 0.5) is 0 Å². The Morgan fingerprint density at radius 2 is 1.85 bits per heavy atom. The highest BCUT2D eigenvalue weighted by Crippen LogP contribution is 2.28. The van der Waals surface area contributed by atoms with Crippen molar-refractivity contribution in [3.05, 3.63) is 71.3 Å². The SMILES string of the molecule is COC(=O)c1ccc(/C=N/NC(=O)[C@H]2C(=O)NC[C@H]2c2ccccc2)cc1. The van der Waals surface area contributed by atoms with Gasteiger partial charge in [0.15, 0.2) is 0 Å². The lowest BCUT2D eigenvalue weighted by atomic mass is 9.88. The van der Waals surface area contributed by atoms with Gasteiger partial charge in [0.05, 0.1) is 18.9 Å². The number of nitrogens with one attached hydrogen (secondary N) is 2. The monoisotopic (exact) mass is 365 g/mol. The minimum absolute atomic E-state index is 0.228. The Bertz CT molecular complexity index is 863. The molecule has 2 amide bonds. The Balaban J connectivity index is 1.65. The second kappa shape index (κ2) is 8.27. The molecule has 7 nitrogen and oxygen atoms in total. The predicted molar refractivity (Wildman–Crippen MR) is 99.2 cm³/mol. The third-order valence-corrected chi connectivity index (χ3v) is 4.41. The van der Waals surface area contributed by atoms with Gasteiger partial charge in [0.2, 0.25) is 5.91 Å². The first-order chi connectivity index (χ1) is 13.1. The van der Waals surface area contributed by atoms with Crippen LogP contribution in [0.5, 0.6) is 0 Å². The van der Waals surface area contributed by atoms with Gasteiger partial charge in [-0.25, -0.2) is 10.2 Å². The number of hydrazone groups is 1. The second-order valence-electron chi connectivity index (χ2n) is 6.09. The average Bonchev–Trinajstić information content (AvgIpc) is 3.10. The maximum absolute atomic E-state index is 12.5. The van der Waals surface area contributed by atoms with Crippen LogP contribution < -0.4 is 10.7 Å². The molecule has 2 aromatic carbocycles. The van der Waals surface area contributed by atoms with E-state index in [0.717, 1.165) is 5.56 Å². The third kappa shape index (κ3) is 4.20. The number of amides is 2. The summed E-state index contributed by atoms with van der Waals surface area (Å²) in [6.07, 6.45) is 1.45. The first-order valence-electron chi connectivity index (χ1n) is 8.44. The number of methoxy groups -OCH3 is 1. The van der Waals surface area contributed by atoms with Crippen LogP contribution in [0.15, 0.2) is 59.7 Å². The molecular formula is C20H19N3O4. The van der Waals surface area contributed by atoms with Gasteiger partial charge in [0.25, 0.3) is 5.91 Å². The number of rotatable bonds is 5. The molecule has 1 saturated heterocycles. The molecule has 0 radical (unpaired) electrons. The van der Waals surface area contributed by atoms with Crippen molar-refractivity contribution >= 4 is 24.0 Å². The highest BCUT2D eigenvalue weighted by Gasteiger charge is 2.40. The maximum atomic E-state index is 12.5. The van der Waals surface area contributed by atoms with E-state index < -0.39 is 17.8 Å². The minimum atomic E-state index is -0.828. The summed E-state index contributed by atoms with van der Waals surface area (Å²) in [6, 6.07) is 16.0. The highest BCUT2D eigenvalue weighted by molar-refractivity contribution is 6.03. The Kier molecular flexibility index (Phi) is 5.61. The fourth-order valence-corrected chi connectivity index (χ4v) is 3.00. The molecule has 0 saturated carbocycles. The quantitative estimate of drug-likeness (QED) is 0.363. The van der Waals surface area contributed by atoms with Crippen LogP contribution in [-0.2, 0) is 14.3 Å². The minimum Gasteiger partial charge on any atom is -0.465 e. The van der Waals surface area contributed by atoms with E-state index in [1.54, 1.807) is 24.3 Å². The normalized spacial score (nSPS) is 18.9. The number of carbonyl (C=O) groups is 3. The summed E-state index contributed by atoms with van der Waals surface area (Å²) in [5.74, 6) is -2.24. The largest absolute Gasteiger partial charge is 0.465 e. The maximum Gasteiger partial charge on any atom is 0.337 e. The number of esters is 1. The Labute approximate surface area is 156 Å². The third-order valence-electron chi connectivity index (χ3n) is 4.41. The van der Waals surface area contributed by atoms with Crippen LogP contribution in [0.2, 0.25) is 0 Å². The van der Waals surface area contributed by atoms with E-state index in [0.29, 0.717) is 17.7 Å². The number of nitrogens with zero attached hydrogens (tertiary/aromatic N) is 1. The summed E-state index contributed by atoms with van der Waals surface area (Å²) >= 11 is 0. The van der Waals surface area contributed by atoms with E-state index in [2.05, 4.69) is 20.6 Å². The van der Waals surface area contributed by atoms with Gasteiger partial charge in [0.1, 0.15) is 5.92 Å². The Morgan fingerprint density at radius 1 is 1.15 bits per heavy atom. The van der Waals surface area contributed by atoms with Gasteiger partial charge in [-0.15, -0.1) is 0 Å². The van der Waals surface area contributed by atoms with E-state index in [4.69, 9.17) is 0 Å². The first-order valence-corrected chi connectivity index (χ1v) is 8.44. The first kappa shape index (κ1) is 18.3. The van der Waals surface area contributed by atoms with Crippen molar-refractivity contribution in [1.29, 1.82) is 0 Å². The van der Waals surface area contributed by atoms with Crippen molar-refractivity contribution in [2.45, 2.75) is 5.92 Å². The molecular weight excluding hydrogens is 346 g/mol. The molecule has 0 bridgehead atoms. The molecule has 27 heavy (non-hydrogen) atoms. The summed E-state index contributed by atoms with van der Waals surface area (Å²) in [5.41, 5.74) is 4.48. The molecule has 1 aliphatic rings. The van der Waals surface area contributed by atoms with E-state index in [1.807, 2.05) is 30.3 Å². The summed E-state index contributed by atoms with van der Waals surface area (Å²) in [6.45, 7) is 0.416. The van der Waals surface area contributed by atoms with Crippen LogP contribution >= 0.6 is 0 Å². The van der Waals surface area contributed by atoms with Gasteiger partial charge in [-0.2, -0.15) is 5.10 Å². The summed E-state index contributed by atoms with van der Waals surface area (Å²) < 4.78 is 4.63. The predicted octanol–water partition coefficient (Wildman–Crippen LogP) is 1.45. The Hall–Kier alpha value is -3.48. The van der Waals surface area contributed by atoms with Crippen molar-refractivity contribution in [3.8, 4) is 0 Å². The topological polar surface area (TPSA) is 96.9 Å². The van der Waals surface area contributed by atoms with Crippen molar-refractivity contribution in [1.82, 2.24) is 10.7 Å². The van der Waals surface area contributed by atoms with E-state index in [9.17, 15) is 14.4 Å². The van der Waals surface area contributed by atoms with Crippen molar-refractivity contribution in [2.24, 2.45) is 11.0 Å². The molecule has 3 rings (SSSR count). The van der Waals surface area contributed by atoms with Gasteiger partial charge in [-0.1, -0.05) is 42.5 Å². The van der Waals surface area contributed by atoms with Gasteiger partial charge in [-0.05, 0) is 23.3 Å². The van der Waals surface area contributed by atoms with Gasteiger partial charge in [-0.3, -0.25) is 9.59 Å². The Morgan fingerprint density at radius 3 is 2.52 bits per heavy atom. The molecule has 0 aromatic heterocycles. The average molecular weight is 365 g/mol. The number of ether oxygens (including phenoxy) is 1. The van der Waals surface area contributed by atoms with Crippen LogP contribution in [0.1, 0.15) is 27.4 Å². The standard InChI is InChI=1S/C20H19N3O4/c1-27-20(26)15-9-7-13(8-10-15)11-22-23-19(25)17-16(12-21-18(17)24)14-5-3-2-4-6-14/h2-11,16-17H,12H2,1H3,(H,21,24)(H,23,25)/b22-11+/t16-,17+/m0/s1. The van der Waals surface area contributed by atoms with Crippen LogP contribution in [-0.4, -0.2) is 37.7 Å². The zero-order valence-electron chi connectivity index (χ0n) is 14.7. The number of carbonyl (C=O) groups excluding carboxylic acids is 3. The molecule has 1 heterocycles. The highest BCUT2D eigenvalue weighted by atomic mass is 16.5. The van der Waals surface area contributed by atoms with Crippen LogP contribution in [0.3, 0.4) is 0 Å². The second-order valence-corrected chi connectivity index (χ2v) is 6.09. The van der Waals surface area contributed by atoms with Crippen LogP contribution in [0, 0.1) is 5.92 Å². The molecule has 7 heteroatoms. The fraction of sp³-hybridized carbons (Fsp3) is 0.200. The lowest BCUT2D eigenvalue weighted by Gasteiger charge is -2.15. The molecule has 138 valence electrons. The zero-order valence-corrected chi connectivity index (χ0v) is 14.7. The molecule has 1 aliphatic heterocycles.